The van der Waals surface area contributed by atoms with Crippen LogP contribution >= 0.6 is 11.3 Å². The Kier molecular flexibility index (Phi) is 7.43. The zero-order chi connectivity index (χ0) is 28.5. The maximum absolute atomic E-state index is 13.5. The van der Waals surface area contributed by atoms with Crippen molar-refractivity contribution < 1.29 is 27.1 Å². The number of nitrogens with one attached hydrogen (secondary N) is 2. The third kappa shape index (κ3) is 5.89. The molecule has 0 bridgehead atoms. The van der Waals surface area contributed by atoms with Crippen molar-refractivity contribution in [1.29, 1.82) is 0 Å². The van der Waals surface area contributed by atoms with Crippen LogP contribution in [0.1, 0.15) is 35.5 Å². The van der Waals surface area contributed by atoms with Crippen molar-refractivity contribution in [2.75, 3.05) is 24.4 Å². The molecule has 1 aliphatic heterocycles. The molecule has 0 aliphatic carbocycles. The SMILES string of the molecule is COCC(C)(C)Nc1sc(C(F)(F)F)nc1-c1nnc(N[C@H]2N=C(c3ccccc3)c3ccccc3CC2=O)o1. The van der Waals surface area contributed by atoms with Gasteiger partial charge in [-0.05, 0) is 19.4 Å². The maximum Gasteiger partial charge on any atom is 0.443 e. The number of carbonyl (C=O) groups is 1. The molecule has 1 aliphatic rings. The highest BCUT2D eigenvalue weighted by molar-refractivity contribution is 7.16. The van der Waals surface area contributed by atoms with Crippen LogP contribution in [0.3, 0.4) is 0 Å². The lowest BCUT2D eigenvalue weighted by atomic mass is 9.96. The highest BCUT2D eigenvalue weighted by atomic mass is 32.1. The highest BCUT2D eigenvalue weighted by Gasteiger charge is 2.38. The second-order valence-electron chi connectivity index (χ2n) is 9.74. The summed E-state index contributed by atoms with van der Waals surface area (Å²) >= 11 is 0.426. The minimum absolute atomic E-state index is 0.0925. The summed E-state index contributed by atoms with van der Waals surface area (Å²) in [5.41, 5.74) is 2.20. The number of rotatable bonds is 8. The van der Waals surface area contributed by atoms with E-state index in [0.29, 0.717) is 17.0 Å². The number of thiazole rings is 1. The number of hydrogen-bond donors (Lipinski definition) is 2. The van der Waals surface area contributed by atoms with E-state index in [1.54, 1.807) is 13.8 Å². The van der Waals surface area contributed by atoms with Crippen LogP contribution in [0, 0.1) is 0 Å². The minimum Gasteiger partial charge on any atom is -0.402 e. The third-order valence-corrected chi connectivity index (χ3v) is 6.98. The van der Waals surface area contributed by atoms with Crippen LogP contribution in [0.15, 0.2) is 64.0 Å². The molecule has 2 aromatic heterocycles. The van der Waals surface area contributed by atoms with Crippen molar-refractivity contribution >= 4 is 33.8 Å². The lowest BCUT2D eigenvalue weighted by molar-refractivity contribution is -0.137. The predicted molar refractivity (Wildman–Crippen MR) is 145 cm³/mol. The number of methoxy groups -OCH3 is 1. The molecule has 0 unspecified atom stereocenters. The van der Waals surface area contributed by atoms with E-state index in [-0.39, 0.29) is 41.4 Å². The van der Waals surface area contributed by atoms with Gasteiger partial charge in [-0.2, -0.15) is 13.2 Å². The normalized spacial score (nSPS) is 15.8. The monoisotopic (exact) mass is 570 g/mol. The Morgan fingerprint density at radius 2 is 1.80 bits per heavy atom. The lowest BCUT2D eigenvalue weighted by Crippen LogP contribution is -2.35. The fourth-order valence-electron chi connectivity index (χ4n) is 4.27. The number of ether oxygens (including phenoxy) is 1. The summed E-state index contributed by atoms with van der Waals surface area (Å²) in [6, 6.07) is 16.8. The number of halogens is 3. The summed E-state index contributed by atoms with van der Waals surface area (Å²) in [7, 11) is 1.49. The number of nitrogens with zero attached hydrogens (tertiary/aromatic N) is 4. The van der Waals surface area contributed by atoms with Gasteiger partial charge >= 0.3 is 12.2 Å². The van der Waals surface area contributed by atoms with Crippen molar-refractivity contribution in [2.45, 2.75) is 38.1 Å². The Morgan fingerprint density at radius 1 is 1.07 bits per heavy atom. The number of ketones is 1. The first-order valence-corrected chi connectivity index (χ1v) is 13.1. The van der Waals surface area contributed by atoms with Gasteiger partial charge in [-0.1, -0.05) is 71.0 Å². The van der Waals surface area contributed by atoms with Gasteiger partial charge in [-0.15, -0.1) is 5.10 Å². The van der Waals surface area contributed by atoms with E-state index in [2.05, 4.69) is 25.8 Å². The largest absolute Gasteiger partial charge is 0.443 e. The van der Waals surface area contributed by atoms with E-state index in [0.717, 1.165) is 16.7 Å². The molecule has 0 radical (unpaired) electrons. The molecule has 40 heavy (non-hydrogen) atoms. The fourth-order valence-corrected chi connectivity index (χ4v) is 5.27. The van der Waals surface area contributed by atoms with E-state index < -0.39 is 22.9 Å². The summed E-state index contributed by atoms with van der Waals surface area (Å²) in [6.45, 7) is 3.76. The van der Waals surface area contributed by atoms with Gasteiger partial charge in [-0.25, -0.2) is 4.98 Å². The summed E-state index contributed by atoms with van der Waals surface area (Å²) < 4.78 is 51.4. The van der Waals surface area contributed by atoms with Gasteiger partial charge in [0.1, 0.15) is 5.00 Å². The molecule has 208 valence electrons. The van der Waals surface area contributed by atoms with Gasteiger partial charge in [0.05, 0.1) is 17.9 Å². The van der Waals surface area contributed by atoms with Crippen molar-refractivity contribution in [3.63, 3.8) is 0 Å². The van der Waals surface area contributed by atoms with E-state index in [9.17, 15) is 18.0 Å². The number of alkyl halides is 3. The van der Waals surface area contributed by atoms with Crippen LogP contribution in [0.4, 0.5) is 24.2 Å². The van der Waals surface area contributed by atoms with Crippen LogP contribution in [0.2, 0.25) is 0 Å². The van der Waals surface area contributed by atoms with Gasteiger partial charge in [0.15, 0.2) is 17.6 Å². The lowest BCUT2D eigenvalue weighted by Gasteiger charge is -2.25. The first-order chi connectivity index (χ1) is 19.0. The van der Waals surface area contributed by atoms with Crippen LogP contribution in [-0.2, 0) is 22.1 Å². The summed E-state index contributed by atoms with van der Waals surface area (Å²) in [5, 5.41) is 12.7. The van der Waals surface area contributed by atoms with Gasteiger partial charge in [0.2, 0.25) is 5.01 Å². The standard InChI is InChI=1S/C27H25F3N6O3S/c1-26(2,14-38-3)34-23-20(32-24(40-23)27(28,29)30)22-35-36-25(39-22)33-21-18(37)13-16-11-7-8-12-17(16)19(31-21)15-9-5-4-6-10-15/h4-12,21,34H,13-14H2,1-3H3,(H,33,36)/t21-/m1/s1. The van der Waals surface area contributed by atoms with Crippen LogP contribution in [-0.4, -0.2) is 52.1 Å². The molecule has 5 rings (SSSR count). The average Bonchev–Trinajstić information content (AvgIpc) is 3.51. The number of hydrogen-bond acceptors (Lipinski definition) is 10. The number of carbonyl (C=O) groups excluding carboxylic acids is 1. The molecule has 2 N–H and O–H groups in total. The van der Waals surface area contributed by atoms with E-state index in [1.807, 2.05) is 54.6 Å². The fraction of sp³-hybridized carbons (Fsp3) is 0.296. The molecule has 13 heteroatoms. The van der Waals surface area contributed by atoms with Gasteiger partial charge in [0.25, 0.3) is 5.89 Å². The molecule has 3 heterocycles. The average molecular weight is 571 g/mol. The molecule has 0 saturated carbocycles. The number of aromatic nitrogens is 3. The number of fused-ring (bicyclic) bond motifs is 1. The van der Waals surface area contributed by atoms with Gasteiger partial charge in [0, 0.05) is 24.7 Å². The minimum atomic E-state index is -4.67. The quantitative estimate of drug-likeness (QED) is 0.288. The molecule has 4 aromatic rings. The second-order valence-corrected chi connectivity index (χ2v) is 10.7. The Hall–Kier alpha value is -4.10. The zero-order valence-corrected chi connectivity index (χ0v) is 22.6. The van der Waals surface area contributed by atoms with Gasteiger partial charge in [-0.3, -0.25) is 9.79 Å². The Balaban J connectivity index is 1.48. The highest BCUT2D eigenvalue weighted by Crippen LogP contribution is 2.41. The Bertz CT molecular complexity index is 1550. The molecule has 2 aromatic carbocycles. The molecule has 0 spiro atoms. The smallest absolute Gasteiger partial charge is 0.402 e. The molecule has 1 atom stereocenters. The number of anilines is 2. The molecule has 0 saturated heterocycles. The first kappa shape index (κ1) is 27.5. The van der Waals surface area contributed by atoms with E-state index >= 15 is 0 Å². The van der Waals surface area contributed by atoms with E-state index in [1.165, 1.54) is 7.11 Å². The van der Waals surface area contributed by atoms with Crippen LogP contribution < -0.4 is 10.6 Å². The van der Waals surface area contributed by atoms with E-state index in [4.69, 9.17) is 14.1 Å². The van der Waals surface area contributed by atoms with Crippen molar-refractivity contribution in [2.24, 2.45) is 4.99 Å². The number of Topliss-reactive ketones (excluding diaryl/α,β-unsaturated/α-hetero) is 1. The van der Waals surface area contributed by atoms with Crippen molar-refractivity contribution in [3.8, 4) is 11.6 Å². The molecular formula is C27H25F3N6O3S. The van der Waals surface area contributed by atoms with Crippen molar-refractivity contribution in [3.05, 3.63) is 76.3 Å². The van der Waals surface area contributed by atoms with Gasteiger partial charge < -0.3 is 19.8 Å². The Labute approximate surface area is 231 Å². The first-order valence-electron chi connectivity index (χ1n) is 12.2. The third-order valence-electron chi connectivity index (χ3n) is 5.96. The van der Waals surface area contributed by atoms with Crippen molar-refractivity contribution in [1.82, 2.24) is 15.2 Å². The summed E-state index contributed by atoms with van der Waals surface area (Å²) in [5.74, 6) is -0.489. The summed E-state index contributed by atoms with van der Waals surface area (Å²) in [6.07, 6.45) is -5.63. The molecular weight excluding hydrogens is 545 g/mol. The molecule has 9 nitrogen and oxygen atoms in total. The topological polar surface area (TPSA) is 115 Å². The van der Waals surface area contributed by atoms with Crippen LogP contribution in [0.25, 0.3) is 11.6 Å². The predicted octanol–water partition coefficient (Wildman–Crippen LogP) is 5.45. The Morgan fingerprint density at radius 3 is 2.52 bits per heavy atom. The summed E-state index contributed by atoms with van der Waals surface area (Å²) in [4.78, 5) is 21.6. The molecule has 0 amide bonds. The second kappa shape index (κ2) is 10.8. The molecule has 0 fully saturated rings. The van der Waals surface area contributed by atoms with Crippen LogP contribution in [0.5, 0.6) is 0 Å². The maximum atomic E-state index is 13.5. The zero-order valence-electron chi connectivity index (χ0n) is 21.7. The number of aliphatic imine (C=N–C) groups is 1. The number of benzene rings is 2.